The summed E-state index contributed by atoms with van der Waals surface area (Å²) in [5.41, 5.74) is 2.22. The Balaban J connectivity index is 1.34. The maximum Gasteiger partial charge on any atom is 0.416 e. The van der Waals surface area contributed by atoms with Gasteiger partial charge in [0.05, 0.1) is 5.56 Å². The van der Waals surface area contributed by atoms with E-state index < -0.39 is 34.2 Å². The molecule has 11 heteroatoms. The predicted molar refractivity (Wildman–Crippen MR) is 152 cm³/mol. The standard InChI is InChI=1S/C30H33F3N4O3S/c1-35(22-13-17-37(18-14-22)23-11-15-34-16-12-23)28(38)21-8-7-20-9-10-27(25(20)19-21)36(2)29(41(39)40)24-5-3-4-6-26(24)30(31,32)33/h3-8,11-12,15-16,19,22,27,29H,9-10,13-14,17-18H2,1-2H3,(H,39,40). The Hall–Kier alpha value is -3.28. The predicted octanol–water partition coefficient (Wildman–Crippen LogP) is 5.68. The zero-order valence-corrected chi connectivity index (χ0v) is 23.7. The number of carbonyl (C=O) groups excluding carboxylic acids is 1. The van der Waals surface area contributed by atoms with Crippen molar-refractivity contribution in [2.24, 2.45) is 0 Å². The largest absolute Gasteiger partial charge is 0.416 e. The molecule has 1 amide bonds. The van der Waals surface area contributed by atoms with Crippen molar-refractivity contribution in [3.8, 4) is 0 Å². The Morgan fingerprint density at radius 1 is 1.05 bits per heavy atom. The number of benzene rings is 2. The van der Waals surface area contributed by atoms with Crippen molar-refractivity contribution in [2.75, 3.05) is 32.1 Å². The van der Waals surface area contributed by atoms with E-state index in [1.165, 1.54) is 18.2 Å². The number of piperidine rings is 1. The topological polar surface area (TPSA) is 77.0 Å². The number of amides is 1. The number of carbonyl (C=O) groups is 1. The monoisotopic (exact) mass is 586 g/mol. The van der Waals surface area contributed by atoms with Gasteiger partial charge in [-0.3, -0.25) is 14.7 Å². The fourth-order valence-electron chi connectivity index (χ4n) is 6.18. The maximum atomic E-state index is 13.8. The molecule has 3 unspecified atom stereocenters. The number of anilines is 1. The van der Waals surface area contributed by atoms with Gasteiger partial charge in [-0.1, -0.05) is 24.3 Å². The van der Waals surface area contributed by atoms with E-state index in [1.54, 1.807) is 41.4 Å². The molecule has 1 aliphatic carbocycles. The van der Waals surface area contributed by atoms with Gasteiger partial charge in [-0.25, -0.2) is 4.21 Å². The lowest BCUT2D eigenvalue weighted by Crippen LogP contribution is -2.45. The summed E-state index contributed by atoms with van der Waals surface area (Å²) in [4.78, 5) is 23.2. The summed E-state index contributed by atoms with van der Waals surface area (Å²) in [6, 6.07) is 14.0. The van der Waals surface area contributed by atoms with Gasteiger partial charge in [-0.15, -0.1) is 0 Å². The molecule has 218 valence electrons. The third-order valence-electron chi connectivity index (χ3n) is 8.38. The van der Waals surface area contributed by atoms with Crippen molar-refractivity contribution in [1.82, 2.24) is 14.8 Å². The van der Waals surface area contributed by atoms with Gasteiger partial charge in [0.2, 0.25) is 0 Å². The second kappa shape index (κ2) is 11.9. The summed E-state index contributed by atoms with van der Waals surface area (Å²) in [7, 11) is 3.38. The minimum Gasteiger partial charge on any atom is -0.371 e. The molecule has 7 nitrogen and oxygen atoms in total. The van der Waals surface area contributed by atoms with Gasteiger partial charge in [-0.05, 0) is 79.8 Å². The van der Waals surface area contributed by atoms with Crippen molar-refractivity contribution >= 4 is 22.7 Å². The first-order valence-electron chi connectivity index (χ1n) is 13.6. The lowest BCUT2D eigenvalue weighted by atomic mass is 9.99. The van der Waals surface area contributed by atoms with Gasteiger partial charge in [0.15, 0.2) is 11.1 Å². The Morgan fingerprint density at radius 3 is 2.39 bits per heavy atom. The van der Waals surface area contributed by atoms with Crippen LogP contribution in [0.4, 0.5) is 18.9 Å². The summed E-state index contributed by atoms with van der Waals surface area (Å²) < 4.78 is 64.0. The van der Waals surface area contributed by atoms with Crippen LogP contribution in [-0.4, -0.2) is 62.7 Å². The fourth-order valence-corrected chi connectivity index (χ4v) is 7.03. The SMILES string of the molecule is CN(C(=O)c1ccc2c(c1)C(N(C)C(c1ccccc1C(F)(F)F)S(=O)O)CC2)C1CCN(c2ccncc2)CC1. The molecule has 1 fully saturated rings. The Bertz CT molecular complexity index is 1410. The van der Waals surface area contributed by atoms with Crippen molar-refractivity contribution in [3.05, 3.63) is 94.8 Å². The van der Waals surface area contributed by atoms with Crippen LogP contribution in [0.2, 0.25) is 0 Å². The molecule has 1 N–H and O–H groups in total. The van der Waals surface area contributed by atoms with Gasteiger partial charge in [0, 0.05) is 55.9 Å². The third-order valence-corrected chi connectivity index (χ3v) is 9.35. The van der Waals surface area contributed by atoms with E-state index in [0.717, 1.165) is 48.8 Å². The summed E-state index contributed by atoms with van der Waals surface area (Å²) in [6.45, 7) is 1.64. The van der Waals surface area contributed by atoms with Crippen molar-refractivity contribution < 1.29 is 26.7 Å². The Morgan fingerprint density at radius 2 is 1.73 bits per heavy atom. The van der Waals surface area contributed by atoms with Gasteiger partial charge in [0.25, 0.3) is 5.91 Å². The number of fused-ring (bicyclic) bond motifs is 1. The highest BCUT2D eigenvalue weighted by molar-refractivity contribution is 7.79. The molecule has 5 rings (SSSR count). The zero-order chi connectivity index (χ0) is 29.3. The lowest BCUT2D eigenvalue weighted by molar-refractivity contribution is -0.138. The lowest BCUT2D eigenvalue weighted by Gasteiger charge is -2.38. The number of hydrogen-bond acceptors (Lipinski definition) is 5. The number of hydrogen-bond donors (Lipinski definition) is 1. The molecule has 0 bridgehead atoms. The second-order valence-electron chi connectivity index (χ2n) is 10.7. The van der Waals surface area contributed by atoms with E-state index >= 15 is 0 Å². The number of aromatic nitrogens is 1. The summed E-state index contributed by atoms with van der Waals surface area (Å²) in [5.74, 6) is -0.117. The molecule has 2 aliphatic rings. The van der Waals surface area contributed by atoms with Gasteiger partial charge < -0.3 is 14.4 Å². The number of halogens is 3. The minimum absolute atomic E-state index is 0.0763. The highest BCUT2D eigenvalue weighted by Crippen LogP contribution is 2.43. The molecule has 1 aliphatic heterocycles. The first-order valence-corrected chi connectivity index (χ1v) is 14.8. The quantitative estimate of drug-likeness (QED) is 0.359. The normalized spacial score (nSPS) is 19.2. The van der Waals surface area contributed by atoms with E-state index in [4.69, 9.17) is 0 Å². The molecule has 2 heterocycles. The van der Waals surface area contributed by atoms with Crippen LogP contribution in [0, 0.1) is 0 Å². The molecule has 0 saturated carbocycles. The molecule has 41 heavy (non-hydrogen) atoms. The molecule has 0 spiro atoms. The van der Waals surface area contributed by atoms with E-state index in [9.17, 15) is 26.7 Å². The Kier molecular flexibility index (Phi) is 8.49. The molecular weight excluding hydrogens is 553 g/mol. The number of rotatable bonds is 7. The summed E-state index contributed by atoms with van der Waals surface area (Å²) in [5, 5.41) is -1.39. The van der Waals surface area contributed by atoms with Crippen LogP contribution in [-0.2, 0) is 23.7 Å². The van der Waals surface area contributed by atoms with Crippen LogP contribution in [0.15, 0.2) is 67.0 Å². The average molecular weight is 587 g/mol. The van der Waals surface area contributed by atoms with Crippen molar-refractivity contribution in [1.29, 1.82) is 0 Å². The third kappa shape index (κ3) is 6.02. The molecule has 2 aromatic carbocycles. The minimum atomic E-state index is -4.67. The van der Waals surface area contributed by atoms with Gasteiger partial charge >= 0.3 is 6.18 Å². The van der Waals surface area contributed by atoms with E-state index in [-0.39, 0.29) is 17.5 Å². The second-order valence-corrected chi connectivity index (χ2v) is 11.7. The van der Waals surface area contributed by atoms with E-state index in [1.807, 2.05) is 25.2 Å². The number of pyridine rings is 1. The average Bonchev–Trinajstić information content (AvgIpc) is 3.40. The van der Waals surface area contributed by atoms with Crippen LogP contribution in [0.1, 0.15) is 63.3 Å². The molecule has 0 radical (unpaired) electrons. The first-order chi connectivity index (χ1) is 19.6. The molecule has 3 atom stereocenters. The smallest absolute Gasteiger partial charge is 0.371 e. The summed E-state index contributed by atoms with van der Waals surface area (Å²) in [6.07, 6.45) is 1.74. The van der Waals surface area contributed by atoms with Crippen LogP contribution in [0.3, 0.4) is 0 Å². The highest BCUT2D eigenvalue weighted by Gasteiger charge is 2.40. The van der Waals surface area contributed by atoms with Crippen molar-refractivity contribution in [2.45, 2.75) is 49.3 Å². The fraction of sp³-hybridized carbons (Fsp3) is 0.400. The highest BCUT2D eigenvalue weighted by atomic mass is 32.2. The van der Waals surface area contributed by atoms with Crippen LogP contribution in [0.5, 0.6) is 0 Å². The van der Waals surface area contributed by atoms with Gasteiger partial charge in [0.1, 0.15) is 5.37 Å². The van der Waals surface area contributed by atoms with Gasteiger partial charge in [-0.2, -0.15) is 13.2 Å². The first kappa shape index (κ1) is 29.2. The zero-order valence-electron chi connectivity index (χ0n) is 22.9. The number of aryl methyl sites for hydroxylation is 1. The number of nitrogens with zero attached hydrogens (tertiary/aromatic N) is 4. The molecule has 1 aromatic heterocycles. The van der Waals surface area contributed by atoms with E-state index in [0.29, 0.717) is 18.4 Å². The molecule has 3 aromatic rings. The van der Waals surface area contributed by atoms with E-state index in [2.05, 4.69) is 9.88 Å². The molecule has 1 saturated heterocycles. The van der Waals surface area contributed by atoms with Crippen LogP contribution >= 0.6 is 0 Å². The van der Waals surface area contributed by atoms with Crippen molar-refractivity contribution in [3.63, 3.8) is 0 Å². The van der Waals surface area contributed by atoms with Crippen LogP contribution in [0.25, 0.3) is 0 Å². The summed E-state index contributed by atoms with van der Waals surface area (Å²) >= 11 is -2.60. The van der Waals surface area contributed by atoms with Crippen LogP contribution < -0.4 is 4.90 Å². The Labute approximate surface area is 240 Å². The molecular formula is C30H33F3N4O3S. The number of alkyl halides is 3. The maximum absolute atomic E-state index is 13.8.